The van der Waals surface area contributed by atoms with Crippen molar-refractivity contribution in [2.75, 3.05) is 20.3 Å². The van der Waals surface area contributed by atoms with E-state index in [0.717, 1.165) is 23.0 Å². The first kappa shape index (κ1) is 19.8. The minimum Gasteiger partial charge on any atom is -0.385 e. The molecule has 0 bridgehead atoms. The van der Waals surface area contributed by atoms with E-state index in [-0.39, 0.29) is 11.2 Å². The zero-order valence-electron chi connectivity index (χ0n) is 14.7. The van der Waals surface area contributed by atoms with Crippen LogP contribution in [0.15, 0.2) is 29.4 Å². The molecule has 0 saturated heterocycles. The molecule has 1 amide bonds. The topological polar surface area (TPSA) is 69.0 Å². The van der Waals surface area contributed by atoms with Gasteiger partial charge in [-0.2, -0.15) is 0 Å². The van der Waals surface area contributed by atoms with Crippen molar-refractivity contribution < 1.29 is 9.53 Å². The number of rotatable bonds is 9. The van der Waals surface area contributed by atoms with Crippen LogP contribution in [0.25, 0.3) is 11.4 Å². The second kappa shape index (κ2) is 9.79. The lowest BCUT2D eigenvalue weighted by molar-refractivity contribution is -0.120. The lowest BCUT2D eigenvalue weighted by atomic mass is 10.2. The summed E-state index contributed by atoms with van der Waals surface area (Å²) in [5.41, 5.74) is 0.908. The van der Waals surface area contributed by atoms with E-state index >= 15 is 0 Å². The Morgan fingerprint density at radius 2 is 2.24 bits per heavy atom. The molecule has 0 aliphatic rings. The van der Waals surface area contributed by atoms with Gasteiger partial charge in [-0.1, -0.05) is 35.5 Å². The second-order valence-corrected chi connectivity index (χ2v) is 7.20. The van der Waals surface area contributed by atoms with Gasteiger partial charge in [0.25, 0.3) is 0 Å². The van der Waals surface area contributed by atoms with Gasteiger partial charge >= 0.3 is 0 Å². The first-order chi connectivity index (χ1) is 12.1. The van der Waals surface area contributed by atoms with E-state index < -0.39 is 0 Å². The number of nitrogens with one attached hydrogen (secondary N) is 1. The number of hydrogen-bond acceptors (Lipinski definition) is 5. The maximum absolute atomic E-state index is 12.2. The van der Waals surface area contributed by atoms with Crippen LogP contribution >= 0.6 is 23.4 Å². The van der Waals surface area contributed by atoms with Gasteiger partial charge in [-0.05, 0) is 32.4 Å². The first-order valence-corrected chi connectivity index (χ1v) is 9.45. The Labute approximate surface area is 157 Å². The van der Waals surface area contributed by atoms with Crippen LogP contribution in [0.3, 0.4) is 0 Å². The highest BCUT2D eigenvalue weighted by atomic mass is 35.5. The number of hydrogen-bond donors (Lipinski definition) is 1. The summed E-state index contributed by atoms with van der Waals surface area (Å²) in [6.07, 6.45) is 0.795. The number of nitrogens with zero attached hydrogens (tertiary/aromatic N) is 3. The van der Waals surface area contributed by atoms with Crippen molar-refractivity contribution in [3.8, 4) is 11.4 Å². The van der Waals surface area contributed by atoms with Crippen LogP contribution in [0.2, 0.25) is 5.02 Å². The van der Waals surface area contributed by atoms with Gasteiger partial charge < -0.3 is 14.6 Å². The average Bonchev–Trinajstić information content (AvgIpc) is 3.01. The number of thioether (sulfide) groups is 1. The van der Waals surface area contributed by atoms with E-state index in [2.05, 4.69) is 15.5 Å². The third kappa shape index (κ3) is 5.45. The molecule has 0 fully saturated rings. The minimum atomic E-state index is -0.260. The molecule has 136 valence electrons. The number of aromatic nitrogens is 3. The van der Waals surface area contributed by atoms with Crippen LogP contribution in [0, 0.1) is 0 Å². The predicted molar refractivity (Wildman–Crippen MR) is 101 cm³/mol. The number of ether oxygens (including phenoxy) is 1. The van der Waals surface area contributed by atoms with Gasteiger partial charge in [0.1, 0.15) is 0 Å². The quantitative estimate of drug-likeness (QED) is 0.532. The summed E-state index contributed by atoms with van der Waals surface area (Å²) < 4.78 is 6.97. The third-order valence-electron chi connectivity index (χ3n) is 3.59. The first-order valence-electron chi connectivity index (χ1n) is 8.19. The molecule has 1 aromatic carbocycles. The van der Waals surface area contributed by atoms with Gasteiger partial charge in [0.2, 0.25) is 5.91 Å². The molecule has 1 atom stereocenters. The van der Waals surface area contributed by atoms with Crippen molar-refractivity contribution in [3.05, 3.63) is 29.3 Å². The van der Waals surface area contributed by atoms with Gasteiger partial charge in [0.15, 0.2) is 11.0 Å². The molecule has 6 nitrogen and oxygen atoms in total. The minimum absolute atomic E-state index is 0.0175. The second-order valence-electron chi connectivity index (χ2n) is 5.46. The molecule has 0 aliphatic heterocycles. The highest BCUT2D eigenvalue weighted by Crippen LogP contribution is 2.27. The van der Waals surface area contributed by atoms with Gasteiger partial charge in [0, 0.05) is 37.4 Å². The van der Waals surface area contributed by atoms with Gasteiger partial charge in [-0.25, -0.2) is 0 Å². The maximum atomic E-state index is 12.2. The predicted octanol–water partition coefficient (Wildman–Crippen LogP) is 3.25. The van der Waals surface area contributed by atoms with E-state index in [4.69, 9.17) is 16.3 Å². The van der Waals surface area contributed by atoms with Gasteiger partial charge in [0.05, 0.1) is 5.25 Å². The SMILES string of the molecule is CCn1c(SC(C)C(=O)NCCCOC)nnc1-c1cccc(Cl)c1. The van der Waals surface area contributed by atoms with E-state index in [9.17, 15) is 4.79 Å². The number of carbonyl (C=O) groups is 1. The van der Waals surface area contributed by atoms with Crippen molar-refractivity contribution in [2.24, 2.45) is 0 Å². The summed E-state index contributed by atoms with van der Waals surface area (Å²) in [6, 6.07) is 7.51. The van der Waals surface area contributed by atoms with E-state index in [0.29, 0.717) is 24.7 Å². The fraction of sp³-hybridized carbons (Fsp3) is 0.471. The van der Waals surface area contributed by atoms with Gasteiger partial charge in [-0.3, -0.25) is 4.79 Å². The molecule has 1 heterocycles. The summed E-state index contributed by atoms with van der Waals surface area (Å²) >= 11 is 7.47. The standard InChI is InChI=1S/C17H23ClN4O2S/c1-4-22-15(13-7-5-8-14(18)11-13)20-21-17(22)25-12(2)16(23)19-9-6-10-24-3/h5,7-8,11-12H,4,6,9-10H2,1-3H3,(H,19,23). The van der Waals surface area contributed by atoms with Crippen LogP contribution in [-0.2, 0) is 16.1 Å². The summed E-state index contributed by atoms with van der Waals surface area (Å²) in [6.45, 7) is 5.83. The normalized spacial score (nSPS) is 12.2. The van der Waals surface area contributed by atoms with Crippen molar-refractivity contribution in [1.82, 2.24) is 20.1 Å². The van der Waals surface area contributed by atoms with Crippen LogP contribution in [0.1, 0.15) is 20.3 Å². The van der Waals surface area contributed by atoms with Crippen molar-refractivity contribution in [3.63, 3.8) is 0 Å². The average molecular weight is 383 g/mol. The summed E-state index contributed by atoms with van der Waals surface area (Å²) in [4.78, 5) is 12.2. The van der Waals surface area contributed by atoms with E-state index in [1.165, 1.54) is 11.8 Å². The monoisotopic (exact) mass is 382 g/mol. The third-order valence-corrected chi connectivity index (χ3v) is 4.91. The Kier molecular flexibility index (Phi) is 7.74. The van der Waals surface area contributed by atoms with Crippen LogP contribution in [-0.4, -0.2) is 46.2 Å². The number of halogens is 1. The zero-order valence-corrected chi connectivity index (χ0v) is 16.2. The van der Waals surface area contributed by atoms with Crippen LogP contribution in [0.5, 0.6) is 0 Å². The number of methoxy groups -OCH3 is 1. The summed E-state index contributed by atoms with van der Waals surface area (Å²) in [5, 5.41) is 12.6. The molecular formula is C17H23ClN4O2S. The molecule has 2 aromatic rings. The Hall–Kier alpha value is -1.57. The van der Waals surface area contributed by atoms with Crippen LogP contribution < -0.4 is 5.32 Å². The lowest BCUT2D eigenvalue weighted by Crippen LogP contribution is -2.32. The Morgan fingerprint density at radius 1 is 1.44 bits per heavy atom. The Morgan fingerprint density at radius 3 is 2.92 bits per heavy atom. The Bertz CT molecular complexity index is 708. The molecule has 25 heavy (non-hydrogen) atoms. The van der Waals surface area contributed by atoms with E-state index in [1.54, 1.807) is 7.11 Å². The van der Waals surface area contributed by atoms with Crippen molar-refractivity contribution in [2.45, 2.75) is 37.2 Å². The van der Waals surface area contributed by atoms with Crippen LogP contribution in [0.4, 0.5) is 0 Å². The number of benzene rings is 1. The van der Waals surface area contributed by atoms with Crippen molar-refractivity contribution >= 4 is 29.3 Å². The number of amides is 1. The molecule has 0 radical (unpaired) electrons. The molecule has 1 unspecified atom stereocenters. The van der Waals surface area contributed by atoms with E-state index in [1.807, 2.05) is 42.7 Å². The maximum Gasteiger partial charge on any atom is 0.233 e. The molecule has 1 aromatic heterocycles. The molecule has 1 N–H and O–H groups in total. The molecular weight excluding hydrogens is 360 g/mol. The molecule has 8 heteroatoms. The number of carbonyl (C=O) groups excluding carboxylic acids is 1. The fourth-order valence-corrected chi connectivity index (χ4v) is 3.41. The molecule has 0 aliphatic carbocycles. The largest absolute Gasteiger partial charge is 0.385 e. The molecule has 0 spiro atoms. The highest BCUT2D eigenvalue weighted by Gasteiger charge is 2.20. The fourth-order valence-electron chi connectivity index (χ4n) is 2.29. The molecule has 0 saturated carbocycles. The summed E-state index contributed by atoms with van der Waals surface area (Å²) in [7, 11) is 1.65. The summed E-state index contributed by atoms with van der Waals surface area (Å²) in [5.74, 6) is 0.733. The Balaban J connectivity index is 2.06. The lowest BCUT2D eigenvalue weighted by Gasteiger charge is -2.12. The van der Waals surface area contributed by atoms with Crippen molar-refractivity contribution in [1.29, 1.82) is 0 Å². The zero-order chi connectivity index (χ0) is 18.2. The highest BCUT2D eigenvalue weighted by molar-refractivity contribution is 8.00. The molecule has 2 rings (SSSR count). The van der Waals surface area contributed by atoms with Gasteiger partial charge in [-0.15, -0.1) is 10.2 Å². The smallest absolute Gasteiger partial charge is 0.233 e.